The van der Waals surface area contributed by atoms with Crippen LogP contribution in [-0.2, 0) is 19.1 Å². The number of hydrogen-bond donors (Lipinski definition) is 2. The third kappa shape index (κ3) is 4.14. The van der Waals surface area contributed by atoms with E-state index in [0.29, 0.717) is 25.8 Å². The van der Waals surface area contributed by atoms with Crippen LogP contribution in [0.3, 0.4) is 0 Å². The number of nitrogens with zero attached hydrogens (tertiary/aromatic N) is 1. The Morgan fingerprint density at radius 3 is 2.29 bits per heavy atom. The molecule has 180 valence electrons. The van der Waals surface area contributed by atoms with Crippen molar-refractivity contribution in [2.24, 2.45) is 0 Å². The zero-order valence-electron chi connectivity index (χ0n) is 19.5. The highest BCUT2D eigenvalue weighted by Crippen LogP contribution is 2.44. The molecule has 0 radical (unpaired) electrons. The molecule has 34 heavy (non-hydrogen) atoms. The van der Waals surface area contributed by atoms with E-state index in [2.05, 4.69) is 17.4 Å². The van der Waals surface area contributed by atoms with Gasteiger partial charge in [0.25, 0.3) is 0 Å². The number of likely N-dealkylation sites (tertiary alicyclic amines) is 1. The van der Waals surface area contributed by atoms with Crippen LogP contribution in [0.25, 0.3) is 11.1 Å². The van der Waals surface area contributed by atoms with Crippen LogP contribution < -0.4 is 5.32 Å². The lowest BCUT2D eigenvalue weighted by Gasteiger charge is -2.36. The molecule has 2 unspecified atom stereocenters. The second kappa shape index (κ2) is 9.85. The molecule has 4 rings (SSSR count). The van der Waals surface area contributed by atoms with Crippen molar-refractivity contribution in [1.29, 1.82) is 0 Å². The van der Waals surface area contributed by atoms with E-state index in [9.17, 15) is 19.5 Å². The molecule has 1 saturated heterocycles. The Balaban J connectivity index is 1.45. The van der Waals surface area contributed by atoms with Crippen molar-refractivity contribution < 1.29 is 29.0 Å². The summed E-state index contributed by atoms with van der Waals surface area (Å²) in [6, 6.07) is 15.0. The van der Waals surface area contributed by atoms with Gasteiger partial charge in [0.15, 0.2) is 0 Å². The maximum absolute atomic E-state index is 13.2. The second-order valence-corrected chi connectivity index (χ2v) is 8.76. The van der Waals surface area contributed by atoms with E-state index >= 15 is 0 Å². The molecule has 0 saturated carbocycles. The Morgan fingerprint density at radius 1 is 1.12 bits per heavy atom. The highest BCUT2D eigenvalue weighted by atomic mass is 16.5. The van der Waals surface area contributed by atoms with Crippen molar-refractivity contribution >= 4 is 18.0 Å². The maximum atomic E-state index is 13.2. The van der Waals surface area contributed by atoms with Gasteiger partial charge in [-0.05, 0) is 41.5 Å². The van der Waals surface area contributed by atoms with Gasteiger partial charge in [0.05, 0.1) is 6.61 Å². The van der Waals surface area contributed by atoms with E-state index in [-0.39, 0.29) is 19.1 Å². The summed E-state index contributed by atoms with van der Waals surface area (Å²) in [5.74, 6) is -1.61. The van der Waals surface area contributed by atoms with Crippen LogP contribution in [0.5, 0.6) is 0 Å². The predicted octanol–water partition coefficient (Wildman–Crippen LogP) is 3.40. The van der Waals surface area contributed by atoms with Crippen LogP contribution in [0, 0.1) is 0 Å². The third-order valence-corrected chi connectivity index (χ3v) is 7.00. The van der Waals surface area contributed by atoms with Crippen LogP contribution in [0.2, 0.25) is 0 Å². The molecule has 2 amide bonds. The van der Waals surface area contributed by atoms with Gasteiger partial charge in [0.1, 0.15) is 18.2 Å². The van der Waals surface area contributed by atoms with Gasteiger partial charge in [-0.3, -0.25) is 4.79 Å². The smallest absolute Gasteiger partial charge is 0.407 e. The Kier molecular flexibility index (Phi) is 6.88. The molecule has 8 heteroatoms. The summed E-state index contributed by atoms with van der Waals surface area (Å²) in [4.78, 5) is 39.3. The zero-order valence-corrected chi connectivity index (χ0v) is 19.5. The summed E-state index contributed by atoms with van der Waals surface area (Å²) < 4.78 is 10.7. The van der Waals surface area contributed by atoms with Crippen LogP contribution in [-0.4, -0.2) is 66.4 Å². The van der Waals surface area contributed by atoms with Crippen LogP contribution in [0.4, 0.5) is 4.79 Å². The van der Waals surface area contributed by atoms with Gasteiger partial charge in [0, 0.05) is 19.6 Å². The fraction of sp³-hybridized carbons (Fsp3) is 0.423. The van der Waals surface area contributed by atoms with Crippen molar-refractivity contribution in [2.45, 2.75) is 43.7 Å². The lowest BCUT2D eigenvalue weighted by molar-refractivity contribution is -0.158. The number of amides is 2. The topological polar surface area (TPSA) is 105 Å². The highest BCUT2D eigenvalue weighted by Gasteiger charge is 2.50. The molecule has 0 spiro atoms. The number of benzene rings is 2. The SMILES string of the molecule is CCC1(C(=O)O)CCCN1C(=O)C(COC)NC(=O)OCC1c2ccccc2-c2ccccc21. The first-order chi connectivity index (χ1) is 16.4. The number of alkyl carbamates (subject to hydrolysis) is 1. The molecule has 1 heterocycles. The minimum atomic E-state index is -1.26. The van der Waals surface area contributed by atoms with Gasteiger partial charge in [-0.15, -0.1) is 0 Å². The minimum Gasteiger partial charge on any atom is -0.479 e. The van der Waals surface area contributed by atoms with Gasteiger partial charge < -0.3 is 24.8 Å². The Hall–Kier alpha value is -3.39. The zero-order chi connectivity index (χ0) is 24.3. The summed E-state index contributed by atoms with van der Waals surface area (Å²) in [7, 11) is 1.42. The Labute approximate surface area is 198 Å². The van der Waals surface area contributed by atoms with E-state index in [1.165, 1.54) is 12.0 Å². The number of nitrogens with one attached hydrogen (secondary N) is 1. The number of carboxylic acid groups (broad SMARTS) is 1. The number of carbonyl (C=O) groups is 3. The third-order valence-electron chi connectivity index (χ3n) is 7.00. The lowest BCUT2D eigenvalue weighted by atomic mass is 9.92. The molecule has 0 bridgehead atoms. The van der Waals surface area contributed by atoms with Crippen LogP contribution >= 0.6 is 0 Å². The number of aliphatic carboxylic acids is 1. The van der Waals surface area contributed by atoms with E-state index in [4.69, 9.17) is 9.47 Å². The van der Waals surface area contributed by atoms with Gasteiger partial charge >= 0.3 is 12.1 Å². The van der Waals surface area contributed by atoms with Gasteiger partial charge in [-0.2, -0.15) is 0 Å². The largest absolute Gasteiger partial charge is 0.479 e. The molecule has 1 aliphatic heterocycles. The average molecular weight is 467 g/mol. The monoisotopic (exact) mass is 466 g/mol. The standard InChI is InChI=1S/C26H30N2O6/c1-3-26(24(30)31)13-8-14-28(26)23(29)22(16-33-2)27-25(32)34-15-21-19-11-6-4-9-17(19)18-10-5-7-12-20(18)21/h4-7,9-12,21-22H,3,8,13-16H2,1-2H3,(H,27,32)(H,30,31). The molecule has 1 fully saturated rings. The molecule has 2 N–H and O–H groups in total. The first kappa shape index (κ1) is 23.8. The number of ether oxygens (including phenoxy) is 2. The number of methoxy groups -OCH3 is 1. The van der Waals surface area contributed by atoms with Crippen molar-refractivity contribution in [1.82, 2.24) is 10.2 Å². The lowest BCUT2D eigenvalue weighted by Crippen LogP contribution is -2.59. The van der Waals surface area contributed by atoms with Crippen molar-refractivity contribution in [2.75, 3.05) is 26.9 Å². The molecule has 2 aliphatic rings. The van der Waals surface area contributed by atoms with Crippen molar-refractivity contribution in [3.8, 4) is 11.1 Å². The molecule has 1 aliphatic carbocycles. The molecule has 2 aromatic carbocycles. The van der Waals surface area contributed by atoms with E-state index in [0.717, 1.165) is 22.3 Å². The average Bonchev–Trinajstić information content (AvgIpc) is 3.42. The quantitative estimate of drug-likeness (QED) is 0.618. The number of hydrogen-bond acceptors (Lipinski definition) is 5. The molecule has 2 aromatic rings. The number of carbonyl (C=O) groups excluding carboxylic acids is 2. The van der Waals surface area contributed by atoms with Crippen LogP contribution in [0.1, 0.15) is 43.2 Å². The molecule has 0 aromatic heterocycles. The van der Waals surface area contributed by atoms with Gasteiger partial charge in [-0.1, -0.05) is 55.5 Å². The highest BCUT2D eigenvalue weighted by molar-refractivity contribution is 5.92. The summed E-state index contributed by atoms with van der Waals surface area (Å²) in [6.07, 6.45) is 0.527. The summed E-state index contributed by atoms with van der Waals surface area (Å²) in [5, 5.41) is 12.4. The number of fused-ring (bicyclic) bond motifs is 3. The van der Waals surface area contributed by atoms with Gasteiger partial charge in [0.2, 0.25) is 5.91 Å². The summed E-state index contributed by atoms with van der Waals surface area (Å²) in [5.41, 5.74) is 3.17. The van der Waals surface area contributed by atoms with Crippen molar-refractivity contribution in [3.63, 3.8) is 0 Å². The van der Waals surface area contributed by atoms with Crippen LogP contribution in [0.15, 0.2) is 48.5 Å². The molecular formula is C26H30N2O6. The fourth-order valence-corrected chi connectivity index (χ4v) is 5.25. The van der Waals surface area contributed by atoms with Crippen molar-refractivity contribution in [3.05, 3.63) is 59.7 Å². The normalized spacial score (nSPS) is 19.9. The summed E-state index contributed by atoms with van der Waals surface area (Å²) in [6.45, 7) is 2.11. The fourth-order valence-electron chi connectivity index (χ4n) is 5.25. The predicted molar refractivity (Wildman–Crippen MR) is 125 cm³/mol. The first-order valence-corrected chi connectivity index (χ1v) is 11.6. The second-order valence-electron chi connectivity index (χ2n) is 8.76. The van der Waals surface area contributed by atoms with E-state index in [1.54, 1.807) is 6.92 Å². The number of carboxylic acids is 1. The van der Waals surface area contributed by atoms with Gasteiger partial charge in [-0.25, -0.2) is 9.59 Å². The Bertz CT molecular complexity index is 1040. The molecule has 2 atom stereocenters. The Morgan fingerprint density at radius 2 is 1.74 bits per heavy atom. The van der Waals surface area contributed by atoms with E-state index < -0.39 is 29.6 Å². The van der Waals surface area contributed by atoms with E-state index in [1.807, 2.05) is 36.4 Å². The first-order valence-electron chi connectivity index (χ1n) is 11.6. The summed E-state index contributed by atoms with van der Waals surface area (Å²) >= 11 is 0. The maximum Gasteiger partial charge on any atom is 0.407 e. The number of rotatable bonds is 8. The minimum absolute atomic E-state index is 0.0844. The molecular weight excluding hydrogens is 436 g/mol. The molecule has 8 nitrogen and oxygen atoms in total.